The summed E-state index contributed by atoms with van der Waals surface area (Å²) in [6, 6.07) is 8.29. The quantitative estimate of drug-likeness (QED) is 0.774. The molecule has 0 amide bonds. The van der Waals surface area contributed by atoms with Crippen LogP contribution in [0.1, 0.15) is 31.7 Å². The standard InChI is InChI=1S/C14H21NO/c1-12-6-8-14(9-7-12)16-13(2)15-10-4-3-5-11-15/h6-9,13H,3-5,10-11H2,1-2H3. The molecular formula is C14H21NO. The second-order valence-electron chi connectivity index (χ2n) is 4.63. The fourth-order valence-corrected chi connectivity index (χ4v) is 2.17. The molecule has 1 saturated heterocycles. The highest BCUT2D eigenvalue weighted by molar-refractivity contribution is 5.26. The van der Waals surface area contributed by atoms with E-state index < -0.39 is 0 Å². The van der Waals surface area contributed by atoms with E-state index in [-0.39, 0.29) is 6.23 Å². The van der Waals surface area contributed by atoms with Crippen LogP contribution in [0.25, 0.3) is 0 Å². The Bertz CT molecular complexity index is 314. The molecule has 0 aromatic heterocycles. The van der Waals surface area contributed by atoms with Gasteiger partial charge in [0.2, 0.25) is 0 Å². The largest absolute Gasteiger partial charge is 0.475 e. The molecule has 0 saturated carbocycles. The SMILES string of the molecule is Cc1ccc(OC(C)N2CCCCC2)cc1. The van der Waals surface area contributed by atoms with Gasteiger partial charge in [-0.05, 0) is 38.8 Å². The Kier molecular flexibility index (Phi) is 3.83. The van der Waals surface area contributed by atoms with E-state index >= 15 is 0 Å². The number of nitrogens with zero attached hydrogens (tertiary/aromatic N) is 1. The van der Waals surface area contributed by atoms with Crippen molar-refractivity contribution in [2.75, 3.05) is 13.1 Å². The lowest BCUT2D eigenvalue weighted by molar-refractivity contribution is 0.0262. The van der Waals surface area contributed by atoms with Crippen LogP contribution in [0.3, 0.4) is 0 Å². The van der Waals surface area contributed by atoms with Crippen LogP contribution in [0, 0.1) is 6.92 Å². The summed E-state index contributed by atoms with van der Waals surface area (Å²) in [4.78, 5) is 2.42. The molecule has 0 radical (unpaired) electrons. The minimum Gasteiger partial charge on any atom is -0.475 e. The molecule has 16 heavy (non-hydrogen) atoms. The molecule has 88 valence electrons. The molecule has 1 aromatic carbocycles. The molecule has 0 bridgehead atoms. The molecular weight excluding hydrogens is 198 g/mol. The fourth-order valence-electron chi connectivity index (χ4n) is 2.17. The smallest absolute Gasteiger partial charge is 0.149 e. The van der Waals surface area contributed by atoms with Crippen molar-refractivity contribution in [3.8, 4) is 5.75 Å². The van der Waals surface area contributed by atoms with Crippen molar-refractivity contribution in [2.45, 2.75) is 39.3 Å². The Hall–Kier alpha value is -1.02. The van der Waals surface area contributed by atoms with Gasteiger partial charge in [-0.15, -0.1) is 0 Å². The summed E-state index contributed by atoms with van der Waals surface area (Å²) in [5.74, 6) is 0.976. The Morgan fingerprint density at radius 2 is 1.69 bits per heavy atom. The van der Waals surface area contributed by atoms with Crippen LogP contribution in [0.4, 0.5) is 0 Å². The summed E-state index contributed by atoms with van der Waals surface area (Å²) in [7, 11) is 0. The van der Waals surface area contributed by atoms with E-state index in [2.05, 4.69) is 43.0 Å². The fraction of sp³-hybridized carbons (Fsp3) is 0.571. The van der Waals surface area contributed by atoms with Crippen molar-refractivity contribution in [1.82, 2.24) is 4.90 Å². The van der Waals surface area contributed by atoms with Gasteiger partial charge in [0.15, 0.2) is 0 Å². The highest BCUT2D eigenvalue weighted by atomic mass is 16.5. The van der Waals surface area contributed by atoms with Crippen LogP contribution in [-0.2, 0) is 0 Å². The van der Waals surface area contributed by atoms with Crippen LogP contribution < -0.4 is 4.74 Å². The second-order valence-corrected chi connectivity index (χ2v) is 4.63. The molecule has 0 aliphatic carbocycles. The van der Waals surface area contributed by atoms with Gasteiger partial charge in [0.05, 0.1) is 0 Å². The van der Waals surface area contributed by atoms with Crippen LogP contribution in [0.2, 0.25) is 0 Å². The van der Waals surface area contributed by atoms with E-state index in [0.717, 1.165) is 5.75 Å². The van der Waals surface area contributed by atoms with Crippen molar-refractivity contribution in [2.24, 2.45) is 0 Å². The third-order valence-electron chi connectivity index (χ3n) is 3.23. The van der Waals surface area contributed by atoms with E-state index in [1.165, 1.54) is 37.9 Å². The van der Waals surface area contributed by atoms with Crippen molar-refractivity contribution in [3.05, 3.63) is 29.8 Å². The van der Waals surface area contributed by atoms with Gasteiger partial charge in [-0.1, -0.05) is 24.1 Å². The third kappa shape index (κ3) is 2.99. The average Bonchev–Trinajstić information content (AvgIpc) is 2.33. The van der Waals surface area contributed by atoms with Crippen LogP contribution in [0.15, 0.2) is 24.3 Å². The molecule has 1 aliphatic rings. The highest BCUT2D eigenvalue weighted by Gasteiger charge is 2.17. The Morgan fingerprint density at radius 3 is 2.31 bits per heavy atom. The number of hydrogen-bond donors (Lipinski definition) is 0. The van der Waals surface area contributed by atoms with Gasteiger partial charge in [0.25, 0.3) is 0 Å². The van der Waals surface area contributed by atoms with Crippen molar-refractivity contribution >= 4 is 0 Å². The number of likely N-dealkylation sites (tertiary alicyclic amines) is 1. The Balaban J connectivity index is 1.90. The number of hydrogen-bond acceptors (Lipinski definition) is 2. The topological polar surface area (TPSA) is 12.5 Å². The summed E-state index contributed by atoms with van der Waals surface area (Å²) in [6.07, 6.45) is 4.18. The summed E-state index contributed by atoms with van der Waals surface area (Å²) < 4.78 is 5.93. The van der Waals surface area contributed by atoms with E-state index in [4.69, 9.17) is 4.74 Å². The zero-order chi connectivity index (χ0) is 11.4. The summed E-state index contributed by atoms with van der Waals surface area (Å²) in [5.41, 5.74) is 1.28. The molecule has 0 N–H and O–H groups in total. The molecule has 1 atom stereocenters. The molecule has 2 nitrogen and oxygen atoms in total. The first kappa shape index (κ1) is 11.5. The normalized spacial score (nSPS) is 19.4. The summed E-state index contributed by atoms with van der Waals surface area (Å²) in [6.45, 7) is 6.59. The third-order valence-corrected chi connectivity index (χ3v) is 3.23. The molecule has 1 fully saturated rings. The number of rotatable bonds is 3. The molecule has 0 spiro atoms. The Labute approximate surface area is 98.2 Å². The van der Waals surface area contributed by atoms with Crippen molar-refractivity contribution in [3.63, 3.8) is 0 Å². The maximum Gasteiger partial charge on any atom is 0.149 e. The molecule has 2 rings (SSSR count). The van der Waals surface area contributed by atoms with E-state index in [1.807, 2.05) is 0 Å². The second kappa shape index (κ2) is 5.35. The molecule has 1 heterocycles. The van der Waals surface area contributed by atoms with Crippen LogP contribution in [0.5, 0.6) is 5.75 Å². The summed E-state index contributed by atoms with van der Waals surface area (Å²) >= 11 is 0. The monoisotopic (exact) mass is 219 g/mol. The molecule has 1 aliphatic heterocycles. The number of aryl methyl sites for hydroxylation is 1. The van der Waals surface area contributed by atoms with Gasteiger partial charge in [0, 0.05) is 13.1 Å². The molecule has 1 unspecified atom stereocenters. The van der Waals surface area contributed by atoms with E-state index in [0.29, 0.717) is 0 Å². The van der Waals surface area contributed by atoms with Gasteiger partial charge in [0.1, 0.15) is 12.0 Å². The predicted molar refractivity (Wildman–Crippen MR) is 66.7 cm³/mol. The van der Waals surface area contributed by atoms with Gasteiger partial charge < -0.3 is 4.74 Å². The molecule has 2 heteroatoms. The minimum atomic E-state index is 0.197. The van der Waals surface area contributed by atoms with E-state index in [1.54, 1.807) is 0 Å². The van der Waals surface area contributed by atoms with Crippen molar-refractivity contribution in [1.29, 1.82) is 0 Å². The van der Waals surface area contributed by atoms with Gasteiger partial charge in [-0.2, -0.15) is 0 Å². The van der Waals surface area contributed by atoms with Crippen LogP contribution >= 0.6 is 0 Å². The lowest BCUT2D eigenvalue weighted by atomic mass is 10.1. The first-order valence-corrected chi connectivity index (χ1v) is 6.23. The van der Waals surface area contributed by atoms with Gasteiger partial charge in [-0.3, -0.25) is 4.90 Å². The Morgan fingerprint density at radius 1 is 1.06 bits per heavy atom. The maximum atomic E-state index is 5.93. The van der Waals surface area contributed by atoms with Crippen molar-refractivity contribution < 1.29 is 4.74 Å². The average molecular weight is 219 g/mol. The summed E-state index contributed by atoms with van der Waals surface area (Å²) in [5, 5.41) is 0. The number of ether oxygens (including phenoxy) is 1. The number of piperidine rings is 1. The van der Waals surface area contributed by atoms with E-state index in [9.17, 15) is 0 Å². The maximum absolute atomic E-state index is 5.93. The van der Waals surface area contributed by atoms with Gasteiger partial charge in [-0.25, -0.2) is 0 Å². The minimum absolute atomic E-state index is 0.197. The molecule has 1 aromatic rings. The lowest BCUT2D eigenvalue weighted by Crippen LogP contribution is -2.40. The zero-order valence-corrected chi connectivity index (χ0v) is 10.3. The zero-order valence-electron chi connectivity index (χ0n) is 10.3. The van der Waals surface area contributed by atoms with Gasteiger partial charge >= 0.3 is 0 Å². The lowest BCUT2D eigenvalue weighted by Gasteiger charge is -2.32. The first-order valence-electron chi connectivity index (χ1n) is 6.23. The van der Waals surface area contributed by atoms with Crippen LogP contribution in [-0.4, -0.2) is 24.2 Å². The first-order chi connectivity index (χ1) is 7.75. The predicted octanol–water partition coefficient (Wildman–Crippen LogP) is 3.21. The number of benzene rings is 1. The highest BCUT2D eigenvalue weighted by Crippen LogP contribution is 2.17.